The van der Waals surface area contributed by atoms with E-state index in [0.29, 0.717) is 30.2 Å². The maximum absolute atomic E-state index is 11.7. The van der Waals surface area contributed by atoms with Crippen LogP contribution in [0.2, 0.25) is 5.02 Å². The number of nitriles is 1. The van der Waals surface area contributed by atoms with Crippen LogP contribution in [0.3, 0.4) is 0 Å². The first-order valence-corrected chi connectivity index (χ1v) is 7.92. The summed E-state index contributed by atoms with van der Waals surface area (Å²) in [5.41, 5.74) is 1.45. The number of carbonyl (C=O) groups excluding carboxylic acids is 2. The van der Waals surface area contributed by atoms with Gasteiger partial charge in [0.1, 0.15) is 6.42 Å². The SMILES string of the molecule is CCC(=O)N1CCN(c2ccc(NC(=O)CC#N)cc2Cl)CC1. The average Bonchev–Trinajstić information content (AvgIpc) is 2.54. The average molecular weight is 335 g/mol. The third kappa shape index (κ3) is 4.36. The van der Waals surface area contributed by atoms with Crippen LogP contribution in [0.5, 0.6) is 0 Å². The zero-order chi connectivity index (χ0) is 16.8. The zero-order valence-electron chi connectivity index (χ0n) is 13.0. The Kier molecular flexibility index (Phi) is 5.83. The molecular formula is C16H19ClN4O2. The third-order valence-corrected chi connectivity index (χ3v) is 4.05. The second-order valence-electron chi connectivity index (χ2n) is 5.27. The van der Waals surface area contributed by atoms with Crippen molar-refractivity contribution in [1.82, 2.24) is 4.90 Å². The Balaban J connectivity index is 2.01. The highest BCUT2D eigenvalue weighted by Crippen LogP contribution is 2.29. The lowest BCUT2D eigenvalue weighted by Crippen LogP contribution is -2.48. The minimum Gasteiger partial charge on any atom is -0.367 e. The summed E-state index contributed by atoms with van der Waals surface area (Å²) in [5.74, 6) is -0.186. The van der Waals surface area contributed by atoms with Gasteiger partial charge in [-0.25, -0.2) is 0 Å². The van der Waals surface area contributed by atoms with E-state index in [1.54, 1.807) is 18.2 Å². The van der Waals surface area contributed by atoms with E-state index < -0.39 is 0 Å². The Labute approximate surface area is 140 Å². The fourth-order valence-corrected chi connectivity index (χ4v) is 2.84. The number of hydrogen-bond donors (Lipinski definition) is 1. The minimum absolute atomic E-state index is 0.173. The number of benzene rings is 1. The largest absolute Gasteiger partial charge is 0.367 e. The molecule has 1 heterocycles. The van der Waals surface area contributed by atoms with Gasteiger partial charge in [0.05, 0.1) is 16.8 Å². The van der Waals surface area contributed by atoms with Crippen LogP contribution in [0.25, 0.3) is 0 Å². The zero-order valence-corrected chi connectivity index (χ0v) is 13.8. The number of nitrogens with one attached hydrogen (secondary N) is 1. The van der Waals surface area contributed by atoms with Crippen molar-refractivity contribution >= 4 is 34.8 Å². The highest BCUT2D eigenvalue weighted by molar-refractivity contribution is 6.33. The molecule has 1 fully saturated rings. The Bertz CT molecular complexity index is 633. The molecule has 0 bridgehead atoms. The summed E-state index contributed by atoms with van der Waals surface area (Å²) in [6.07, 6.45) is 0.338. The normalized spacial score (nSPS) is 14.3. The van der Waals surface area contributed by atoms with Crippen LogP contribution in [0.15, 0.2) is 18.2 Å². The van der Waals surface area contributed by atoms with Crippen molar-refractivity contribution in [2.45, 2.75) is 19.8 Å². The second kappa shape index (κ2) is 7.84. The first kappa shape index (κ1) is 17.1. The summed E-state index contributed by atoms with van der Waals surface area (Å²) in [7, 11) is 0. The molecule has 23 heavy (non-hydrogen) atoms. The quantitative estimate of drug-likeness (QED) is 0.916. The van der Waals surface area contributed by atoms with Gasteiger partial charge in [0.25, 0.3) is 0 Å². The number of nitrogens with zero attached hydrogens (tertiary/aromatic N) is 3. The molecule has 1 saturated heterocycles. The van der Waals surface area contributed by atoms with Crippen molar-refractivity contribution < 1.29 is 9.59 Å². The summed E-state index contributed by atoms with van der Waals surface area (Å²) in [6.45, 7) is 4.69. The smallest absolute Gasteiger partial charge is 0.238 e. The van der Waals surface area contributed by atoms with E-state index in [1.165, 1.54) is 0 Å². The molecule has 7 heteroatoms. The summed E-state index contributed by atoms with van der Waals surface area (Å²) < 4.78 is 0. The number of hydrogen-bond acceptors (Lipinski definition) is 4. The van der Waals surface area contributed by atoms with Crippen molar-refractivity contribution in [3.63, 3.8) is 0 Å². The molecule has 0 unspecified atom stereocenters. The van der Waals surface area contributed by atoms with Gasteiger partial charge in [-0.3, -0.25) is 9.59 Å². The van der Waals surface area contributed by atoms with Gasteiger partial charge >= 0.3 is 0 Å². The monoisotopic (exact) mass is 334 g/mol. The number of piperazine rings is 1. The van der Waals surface area contributed by atoms with Crippen molar-refractivity contribution in [3.8, 4) is 6.07 Å². The first-order chi connectivity index (χ1) is 11.0. The summed E-state index contributed by atoms with van der Waals surface area (Å²) >= 11 is 6.31. The van der Waals surface area contributed by atoms with Crippen LogP contribution in [-0.2, 0) is 9.59 Å². The number of anilines is 2. The second-order valence-corrected chi connectivity index (χ2v) is 5.68. The van der Waals surface area contributed by atoms with E-state index in [9.17, 15) is 9.59 Å². The lowest BCUT2D eigenvalue weighted by atomic mass is 10.2. The van der Waals surface area contributed by atoms with Crippen molar-refractivity contribution in [2.75, 3.05) is 36.4 Å². The molecule has 1 aromatic carbocycles. The number of rotatable bonds is 4. The molecule has 1 aromatic rings. The Hall–Kier alpha value is -2.26. The van der Waals surface area contributed by atoms with Crippen molar-refractivity contribution in [2.24, 2.45) is 0 Å². The summed E-state index contributed by atoms with van der Waals surface area (Å²) in [5, 5.41) is 11.7. The molecular weight excluding hydrogens is 316 g/mol. The summed E-state index contributed by atoms with van der Waals surface area (Å²) in [4.78, 5) is 27.1. The van der Waals surface area contributed by atoms with E-state index in [0.717, 1.165) is 18.8 Å². The minimum atomic E-state index is -0.358. The highest BCUT2D eigenvalue weighted by Gasteiger charge is 2.21. The predicted octanol–water partition coefficient (Wildman–Crippen LogP) is 2.25. The molecule has 0 aliphatic carbocycles. The van der Waals surface area contributed by atoms with E-state index in [2.05, 4.69) is 10.2 Å². The lowest BCUT2D eigenvalue weighted by molar-refractivity contribution is -0.131. The van der Waals surface area contributed by atoms with Gasteiger partial charge in [-0.2, -0.15) is 5.26 Å². The van der Waals surface area contributed by atoms with Crippen LogP contribution in [-0.4, -0.2) is 42.9 Å². The third-order valence-electron chi connectivity index (χ3n) is 3.75. The standard InChI is InChI=1S/C16H19ClN4O2/c1-2-16(23)21-9-7-20(8-10-21)14-4-3-12(11-13(14)17)19-15(22)5-6-18/h3-4,11H,2,5,7-10H2,1H3,(H,19,22). The first-order valence-electron chi connectivity index (χ1n) is 7.54. The van der Waals surface area contributed by atoms with E-state index in [4.69, 9.17) is 16.9 Å². The Morgan fingerprint density at radius 2 is 2.00 bits per heavy atom. The molecule has 122 valence electrons. The van der Waals surface area contributed by atoms with Crippen LogP contribution in [0, 0.1) is 11.3 Å². The molecule has 1 aliphatic heterocycles. The fraction of sp³-hybridized carbons (Fsp3) is 0.438. The van der Waals surface area contributed by atoms with Crippen LogP contribution in [0.4, 0.5) is 11.4 Å². The number of carbonyl (C=O) groups is 2. The molecule has 6 nitrogen and oxygen atoms in total. The van der Waals surface area contributed by atoms with Crippen molar-refractivity contribution in [3.05, 3.63) is 23.2 Å². The molecule has 0 spiro atoms. The van der Waals surface area contributed by atoms with Crippen molar-refractivity contribution in [1.29, 1.82) is 5.26 Å². The molecule has 0 atom stereocenters. The van der Waals surface area contributed by atoms with Gasteiger partial charge in [0, 0.05) is 38.3 Å². The van der Waals surface area contributed by atoms with E-state index in [1.807, 2.05) is 17.9 Å². The van der Waals surface area contributed by atoms with Gasteiger partial charge in [-0.1, -0.05) is 18.5 Å². The van der Waals surface area contributed by atoms with Gasteiger partial charge in [0.15, 0.2) is 0 Å². The molecule has 2 rings (SSSR count). The number of amides is 2. The Morgan fingerprint density at radius 1 is 1.30 bits per heavy atom. The molecule has 0 saturated carbocycles. The molecule has 0 aromatic heterocycles. The molecule has 0 radical (unpaired) electrons. The Morgan fingerprint density at radius 3 is 2.57 bits per heavy atom. The molecule has 2 amide bonds. The van der Waals surface area contributed by atoms with Crippen LogP contribution < -0.4 is 10.2 Å². The summed E-state index contributed by atoms with van der Waals surface area (Å²) in [6, 6.07) is 7.09. The van der Waals surface area contributed by atoms with Gasteiger partial charge in [0.2, 0.25) is 11.8 Å². The number of halogens is 1. The van der Waals surface area contributed by atoms with Gasteiger partial charge in [-0.05, 0) is 18.2 Å². The molecule has 1 N–H and O–H groups in total. The van der Waals surface area contributed by atoms with Gasteiger partial charge < -0.3 is 15.1 Å². The van der Waals surface area contributed by atoms with Crippen LogP contribution >= 0.6 is 11.6 Å². The van der Waals surface area contributed by atoms with Crippen LogP contribution in [0.1, 0.15) is 19.8 Å². The molecule has 1 aliphatic rings. The lowest BCUT2D eigenvalue weighted by Gasteiger charge is -2.36. The van der Waals surface area contributed by atoms with E-state index in [-0.39, 0.29) is 18.2 Å². The topological polar surface area (TPSA) is 76.4 Å². The van der Waals surface area contributed by atoms with E-state index >= 15 is 0 Å². The highest BCUT2D eigenvalue weighted by atomic mass is 35.5. The predicted molar refractivity (Wildman–Crippen MR) is 89.4 cm³/mol. The maximum Gasteiger partial charge on any atom is 0.238 e. The van der Waals surface area contributed by atoms with Gasteiger partial charge in [-0.15, -0.1) is 0 Å². The fourth-order valence-electron chi connectivity index (χ4n) is 2.54. The maximum atomic E-state index is 11.7.